The average Bonchev–Trinajstić information content (AvgIpc) is 3.46. The molecule has 0 aliphatic carbocycles. The predicted octanol–water partition coefficient (Wildman–Crippen LogP) is 4.80. The van der Waals surface area contributed by atoms with E-state index in [1.165, 1.54) is 6.20 Å². The Balaban J connectivity index is 1.56. The highest BCUT2D eigenvalue weighted by atomic mass is 35.5. The molecule has 0 fully saturated rings. The third-order valence-corrected chi connectivity index (χ3v) is 5.33. The summed E-state index contributed by atoms with van der Waals surface area (Å²) >= 11 is 6.56. The Morgan fingerprint density at radius 3 is 2.86 bits per heavy atom. The summed E-state index contributed by atoms with van der Waals surface area (Å²) in [6, 6.07) is 7.28. The van der Waals surface area contributed by atoms with E-state index in [4.69, 9.17) is 25.6 Å². The third-order valence-electron chi connectivity index (χ3n) is 5.02. The second kappa shape index (κ2) is 10.5. The largest absolute Gasteiger partial charge is 0.474 e. The maximum Gasteiger partial charge on any atom is 0.305 e. The number of carbonyl (C=O) groups excluding carboxylic acids is 1. The van der Waals surface area contributed by atoms with Crippen LogP contribution >= 0.6 is 11.6 Å². The van der Waals surface area contributed by atoms with Crippen molar-refractivity contribution in [2.24, 2.45) is 0 Å². The summed E-state index contributed by atoms with van der Waals surface area (Å²) in [5, 5.41) is 19.2. The topological polar surface area (TPSA) is 129 Å². The second-order valence-electron chi connectivity index (χ2n) is 7.95. The SMILES string of the molecule is CCOC(=O)CCCn1ncc2cc(-c3noc(-c4cnc(OC(C)C)c(C#N)c4)n3)c(Cl)cc21. The van der Waals surface area contributed by atoms with Gasteiger partial charge in [0.1, 0.15) is 11.6 Å². The summed E-state index contributed by atoms with van der Waals surface area (Å²) in [7, 11) is 0. The lowest BCUT2D eigenvalue weighted by molar-refractivity contribution is -0.143. The van der Waals surface area contributed by atoms with E-state index >= 15 is 0 Å². The number of rotatable bonds is 9. The molecule has 3 heterocycles. The van der Waals surface area contributed by atoms with Crippen molar-refractivity contribution >= 4 is 28.5 Å². The quantitative estimate of drug-likeness (QED) is 0.301. The van der Waals surface area contributed by atoms with Crippen molar-refractivity contribution in [2.45, 2.75) is 46.3 Å². The predicted molar refractivity (Wildman–Crippen MR) is 128 cm³/mol. The fourth-order valence-corrected chi connectivity index (χ4v) is 3.72. The Morgan fingerprint density at radius 2 is 2.11 bits per heavy atom. The van der Waals surface area contributed by atoms with Gasteiger partial charge in [-0.3, -0.25) is 9.48 Å². The molecule has 4 rings (SSSR count). The van der Waals surface area contributed by atoms with Crippen LogP contribution in [0.3, 0.4) is 0 Å². The van der Waals surface area contributed by atoms with Crippen LogP contribution in [0.5, 0.6) is 5.88 Å². The zero-order valence-electron chi connectivity index (χ0n) is 19.5. The molecule has 10 nitrogen and oxygen atoms in total. The van der Waals surface area contributed by atoms with Crippen molar-refractivity contribution in [3.05, 3.63) is 41.2 Å². The van der Waals surface area contributed by atoms with Crippen LogP contribution in [0, 0.1) is 11.3 Å². The minimum absolute atomic E-state index is 0.116. The van der Waals surface area contributed by atoms with Crippen LogP contribution in [0.4, 0.5) is 0 Å². The molecule has 0 aliphatic heterocycles. The van der Waals surface area contributed by atoms with Gasteiger partial charge in [-0.1, -0.05) is 16.8 Å². The van der Waals surface area contributed by atoms with Crippen LogP contribution in [-0.4, -0.2) is 43.6 Å². The lowest BCUT2D eigenvalue weighted by Crippen LogP contribution is -2.08. The lowest BCUT2D eigenvalue weighted by atomic mass is 10.1. The minimum atomic E-state index is -0.226. The second-order valence-corrected chi connectivity index (χ2v) is 8.35. The Hall–Kier alpha value is -3.97. The fraction of sp³-hybridized carbons (Fsp3) is 0.333. The Morgan fingerprint density at radius 1 is 1.29 bits per heavy atom. The van der Waals surface area contributed by atoms with E-state index < -0.39 is 0 Å². The summed E-state index contributed by atoms with van der Waals surface area (Å²) in [5.74, 6) is 0.518. The number of carbonyl (C=O) groups is 1. The van der Waals surface area contributed by atoms with Gasteiger partial charge in [-0.15, -0.1) is 0 Å². The summed E-state index contributed by atoms with van der Waals surface area (Å²) in [6.45, 7) is 6.41. The van der Waals surface area contributed by atoms with E-state index in [2.05, 4.69) is 26.3 Å². The molecule has 35 heavy (non-hydrogen) atoms. The van der Waals surface area contributed by atoms with Crippen LogP contribution in [0.1, 0.15) is 39.2 Å². The number of esters is 1. The molecule has 3 aromatic heterocycles. The first-order valence-electron chi connectivity index (χ1n) is 11.1. The van der Waals surface area contributed by atoms with Crippen LogP contribution in [-0.2, 0) is 16.1 Å². The van der Waals surface area contributed by atoms with Crippen molar-refractivity contribution < 1.29 is 18.8 Å². The van der Waals surface area contributed by atoms with Crippen LogP contribution in [0.25, 0.3) is 33.7 Å². The highest BCUT2D eigenvalue weighted by Gasteiger charge is 2.18. The molecule has 180 valence electrons. The van der Waals surface area contributed by atoms with Crippen LogP contribution in [0.15, 0.2) is 35.1 Å². The number of hydrogen-bond acceptors (Lipinski definition) is 9. The number of fused-ring (bicyclic) bond motifs is 1. The Labute approximate surface area is 206 Å². The fourth-order valence-electron chi connectivity index (χ4n) is 3.47. The molecule has 1 aromatic carbocycles. The molecule has 0 bridgehead atoms. The first-order chi connectivity index (χ1) is 16.9. The highest BCUT2D eigenvalue weighted by molar-refractivity contribution is 6.34. The standard InChI is InChI=1S/C24H23ClN6O4/c1-4-33-21(32)6-5-7-31-20-10-19(25)18(9-16(20)13-28-31)22-29-24(35-30-22)17-8-15(11-26)23(27-12-17)34-14(2)3/h8-10,12-14H,4-7H2,1-3H3. The first kappa shape index (κ1) is 24.2. The molecular formula is C24H23ClN6O4. The smallest absolute Gasteiger partial charge is 0.305 e. The maximum absolute atomic E-state index is 11.6. The normalized spacial score (nSPS) is 11.1. The summed E-state index contributed by atoms with van der Waals surface area (Å²) in [4.78, 5) is 20.2. The van der Waals surface area contributed by atoms with Gasteiger partial charge in [0.2, 0.25) is 11.7 Å². The van der Waals surface area contributed by atoms with Gasteiger partial charge in [0.25, 0.3) is 5.89 Å². The summed E-state index contributed by atoms with van der Waals surface area (Å²) < 4.78 is 17.7. The minimum Gasteiger partial charge on any atom is -0.474 e. The molecule has 11 heteroatoms. The number of benzene rings is 1. The van der Waals surface area contributed by atoms with Gasteiger partial charge in [-0.2, -0.15) is 15.3 Å². The number of aryl methyl sites for hydroxylation is 1. The first-order valence-corrected chi connectivity index (χ1v) is 11.5. The molecule has 0 unspecified atom stereocenters. The van der Waals surface area contributed by atoms with E-state index in [1.807, 2.05) is 19.9 Å². The Bertz CT molecular complexity index is 1410. The van der Waals surface area contributed by atoms with Gasteiger partial charge in [-0.05, 0) is 45.4 Å². The molecule has 0 N–H and O–H groups in total. The van der Waals surface area contributed by atoms with Gasteiger partial charge >= 0.3 is 5.97 Å². The van der Waals surface area contributed by atoms with Crippen molar-refractivity contribution in [1.29, 1.82) is 5.26 Å². The summed E-state index contributed by atoms with van der Waals surface area (Å²) in [5.41, 5.74) is 2.16. The van der Waals surface area contributed by atoms with E-state index in [1.54, 1.807) is 29.9 Å². The van der Waals surface area contributed by atoms with Gasteiger partial charge < -0.3 is 14.0 Å². The van der Waals surface area contributed by atoms with Gasteiger partial charge in [0, 0.05) is 30.1 Å². The number of pyridine rings is 1. The highest BCUT2D eigenvalue weighted by Crippen LogP contribution is 2.32. The van der Waals surface area contributed by atoms with Gasteiger partial charge in [0.15, 0.2) is 0 Å². The van der Waals surface area contributed by atoms with E-state index in [0.29, 0.717) is 48.0 Å². The molecule has 4 aromatic rings. The Kier molecular flexibility index (Phi) is 7.27. The number of nitriles is 1. The number of ether oxygens (including phenoxy) is 2. The van der Waals surface area contributed by atoms with Crippen LogP contribution < -0.4 is 4.74 Å². The van der Waals surface area contributed by atoms with E-state index in [9.17, 15) is 10.1 Å². The number of aromatic nitrogens is 5. The molecular weight excluding hydrogens is 472 g/mol. The molecule has 0 aliphatic rings. The lowest BCUT2D eigenvalue weighted by Gasteiger charge is -2.09. The van der Waals surface area contributed by atoms with Crippen LogP contribution in [0.2, 0.25) is 5.02 Å². The third kappa shape index (κ3) is 5.41. The molecule has 0 saturated heterocycles. The average molecular weight is 495 g/mol. The molecule has 0 radical (unpaired) electrons. The molecule has 0 saturated carbocycles. The van der Waals surface area contributed by atoms with Gasteiger partial charge in [-0.25, -0.2) is 4.98 Å². The van der Waals surface area contributed by atoms with Crippen molar-refractivity contribution in [3.8, 4) is 34.8 Å². The van der Waals surface area contributed by atoms with Crippen molar-refractivity contribution in [1.82, 2.24) is 24.9 Å². The number of nitrogens with zero attached hydrogens (tertiary/aromatic N) is 6. The van der Waals surface area contributed by atoms with E-state index in [0.717, 1.165) is 10.9 Å². The maximum atomic E-state index is 11.6. The summed E-state index contributed by atoms with van der Waals surface area (Å²) in [6.07, 6.45) is 4.04. The zero-order chi connectivity index (χ0) is 24.9. The van der Waals surface area contributed by atoms with Crippen molar-refractivity contribution in [2.75, 3.05) is 6.61 Å². The van der Waals surface area contributed by atoms with Gasteiger partial charge in [0.05, 0.1) is 35.0 Å². The number of hydrogen-bond donors (Lipinski definition) is 0. The number of halogens is 1. The van der Waals surface area contributed by atoms with Crippen molar-refractivity contribution in [3.63, 3.8) is 0 Å². The monoisotopic (exact) mass is 494 g/mol. The molecule has 0 spiro atoms. The van der Waals surface area contributed by atoms with E-state index in [-0.39, 0.29) is 29.4 Å². The molecule has 0 atom stereocenters. The molecule has 0 amide bonds. The zero-order valence-corrected chi connectivity index (χ0v) is 20.2.